The number of anilines is 1. The lowest BCUT2D eigenvalue weighted by Gasteiger charge is -2.06. The number of fused-ring (bicyclic) bond motifs is 1. The Morgan fingerprint density at radius 1 is 1.17 bits per heavy atom. The molecule has 2 aromatic carbocycles. The van der Waals surface area contributed by atoms with E-state index in [-0.39, 0.29) is 4.90 Å². The summed E-state index contributed by atoms with van der Waals surface area (Å²) in [7, 11) is -3.82. The van der Waals surface area contributed by atoms with E-state index in [1.807, 2.05) is 0 Å². The van der Waals surface area contributed by atoms with Gasteiger partial charge in [0.1, 0.15) is 11.6 Å². The van der Waals surface area contributed by atoms with Gasteiger partial charge < -0.3 is 5.32 Å². The Labute approximate surface area is 135 Å². The molecule has 0 aliphatic carbocycles. The highest BCUT2D eigenvalue weighted by Gasteiger charge is 2.19. The van der Waals surface area contributed by atoms with Gasteiger partial charge in [0.2, 0.25) is 5.91 Å². The first-order valence-corrected chi connectivity index (χ1v) is 9.09. The molecule has 0 saturated carbocycles. The van der Waals surface area contributed by atoms with Crippen LogP contribution in [0, 0.1) is 5.82 Å². The number of nitrogens with zero attached hydrogens (tertiary/aromatic N) is 1. The number of benzene rings is 2. The van der Waals surface area contributed by atoms with Crippen molar-refractivity contribution in [2.24, 2.45) is 0 Å². The number of amides is 1. The fraction of sp³-hybridized carbons (Fsp3) is 0.0667. The van der Waals surface area contributed by atoms with Gasteiger partial charge in [-0.05, 0) is 42.5 Å². The van der Waals surface area contributed by atoms with Crippen LogP contribution in [0.1, 0.15) is 0 Å². The van der Waals surface area contributed by atoms with Crippen LogP contribution in [-0.4, -0.2) is 25.1 Å². The van der Waals surface area contributed by atoms with E-state index in [4.69, 9.17) is 0 Å². The summed E-state index contributed by atoms with van der Waals surface area (Å²) >= 11 is 1.47. The van der Waals surface area contributed by atoms with Crippen LogP contribution in [0.2, 0.25) is 0 Å². The second-order valence-electron chi connectivity index (χ2n) is 4.80. The molecule has 118 valence electrons. The minimum atomic E-state index is -3.82. The van der Waals surface area contributed by atoms with Crippen molar-refractivity contribution in [1.82, 2.24) is 4.98 Å². The van der Waals surface area contributed by atoms with Gasteiger partial charge in [0.05, 0.1) is 20.6 Å². The monoisotopic (exact) mass is 350 g/mol. The molecule has 1 amide bonds. The molecule has 0 unspecified atom stereocenters. The highest BCUT2D eigenvalue weighted by Crippen LogP contribution is 2.21. The number of hydrogen-bond acceptors (Lipinski definition) is 5. The minimum Gasteiger partial charge on any atom is -0.325 e. The highest BCUT2D eigenvalue weighted by molar-refractivity contribution is 7.92. The molecule has 1 aromatic heterocycles. The molecule has 0 radical (unpaired) electrons. The Balaban J connectivity index is 1.74. The van der Waals surface area contributed by atoms with E-state index in [0.29, 0.717) is 5.69 Å². The Morgan fingerprint density at radius 2 is 1.91 bits per heavy atom. The second kappa shape index (κ2) is 6.05. The third-order valence-corrected chi connectivity index (χ3v) is 5.55. The fourth-order valence-corrected chi connectivity index (χ4v) is 3.82. The summed E-state index contributed by atoms with van der Waals surface area (Å²) in [6, 6.07) is 9.52. The van der Waals surface area contributed by atoms with Gasteiger partial charge in [0, 0.05) is 5.69 Å². The maximum absolute atomic E-state index is 12.8. The number of aromatic nitrogens is 1. The standard InChI is InChI=1S/C15H11FN2O3S2/c16-10-1-4-12(5-2-10)23(20,21)8-15(19)18-11-3-6-14-13(7-11)17-9-22-14/h1-7,9H,8H2,(H,18,19). The van der Waals surface area contributed by atoms with Crippen molar-refractivity contribution in [3.8, 4) is 0 Å². The zero-order valence-corrected chi connectivity index (χ0v) is 13.3. The molecule has 1 N–H and O–H groups in total. The summed E-state index contributed by atoms with van der Waals surface area (Å²) < 4.78 is 38.1. The molecule has 0 aliphatic rings. The molecular formula is C15H11FN2O3S2. The van der Waals surface area contributed by atoms with E-state index < -0.39 is 27.3 Å². The number of carbonyl (C=O) groups excluding carboxylic acids is 1. The van der Waals surface area contributed by atoms with Gasteiger partial charge in [-0.15, -0.1) is 11.3 Å². The fourth-order valence-electron chi connectivity index (χ4n) is 2.03. The van der Waals surface area contributed by atoms with E-state index >= 15 is 0 Å². The highest BCUT2D eigenvalue weighted by atomic mass is 32.2. The lowest BCUT2D eigenvalue weighted by atomic mass is 10.3. The van der Waals surface area contributed by atoms with Gasteiger partial charge in [-0.1, -0.05) is 0 Å². The third kappa shape index (κ3) is 3.54. The topological polar surface area (TPSA) is 76.1 Å². The number of thiazole rings is 1. The largest absolute Gasteiger partial charge is 0.325 e. The van der Waals surface area contributed by atoms with Gasteiger partial charge in [-0.2, -0.15) is 0 Å². The van der Waals surface area contributed by atoms with Crippen molar-refractivity contribution < 1.29 is 17.6 Å². The number of halogens is 1. The number of sulfone groups is 1. The molecule has 3 rings (SSSR count). The van der Waals surface area contributed by atoms with Crippen molar-refractivity contribution in [3.63, 3.8) is 0 Å². The molecule has 5 nitrogen and oxygen atoms in total. The third-order valence-electron chi connectivity index (χ3n) is 3.11. The van der Waals surface area contributed by atoms with Crippen LogP contribution in [-0.2, 0) is 14.6 Å². The number of hydrogen-bond donors (Lipinski definition) is 1. The number of nitrogens with one attached hydrogen (secondary N) is 1. The van der Waals surface area contributed by atoms with E-state index in [1.165, 1.54) is 11.3 Å². The summed E-state index contributed by atoms with van der Waals surface area (Å²) in [5.74, 6) is -1.91. The average molecular weight is 350 g/mol. The maximum Gasteiger partial charge on any atom is 0.239 e. The molecule has 0 fully saturated rings. The number of rotatable bonds is 4. The van der Waals surface area contributed by atoms with Crippen molar-refractivity contribution in [3.05, 3.63) is 53.8 Å². The van der Waals surface area contributed by atoms with Crippen LogP contribution in [0.15, 0.2) is 52.9 Å². The van der Waals surface area contributed by atoms with Crippen LogP contribution < -0.4 is 5.32 Å². The van der Waals surface area contributed by atoms with Crippen molar-refractivity contribution in [1.29, 1.82) is 0 Å². The predicted octanol–water partition coefficient (Wildman–Crippen LogP) is 2.85. The van der Waals surface area contributed by atoms with E-state index in [1.54, 1.807) is 23.7 Å². The summed E-state index contributed by atoms with van der Waals surface area (Å²) in [4.78, 5) is 16.0. The molecule has 0 bridgehead atoms. The average Bonchev–Trinajstić information content (AvgIpc) is 2.94. The summed E-state index contributed by atoms with van der Waals surface area (Å²) in [6.07, 6.45) is 0. The Hall–Kier alpha value is -2.32. The van der Waals surface area contributed by atoms with Crippen LogP contribution in [0.3, 0.4) is 0 Å². The predicted molar refractivity (Wildman–Crippen MR) is 86.7 cm³/mol. The van der Waals surface area contributed by atoms with Gasteiger partial charge >= 0.3 is 0 Å². The Morgan fingerprint density at radius 3 is 2.65 bits per heavy atom. The van der Waals surface area contributed by atoms with E-state index in [9.17, 15) is 17.6 Å². The lowest BCUT2D eigenvalue weighted by Crippen LogP contribution is -2.23. The summed E-state index contributed by atoms with van der Waals surface area (Å²) in [5, 5.41) is 2.53. The quantitative estimate of drug-likeness (QED) is 0.734. The van der Waals surface area contributed by atoms with E-state index in [2.05, 4.69) is 10.3 Å². The summed E-state index contributed by atoms with van der Waals surface area (Å²) in [6.45, 7) is 0. The molecule has 3 aromatic rings. The van der Waals surface area contributed by atoms with Crippen molar-refractivity contribution in [2.75, 3.05) is 11.1 Å². The molecule has 0 atom stereocenters. The first-order valence-electron chi connectivity index (χ1n) is 6.55. The van der Waals surface area contributed by atoms with Crippen LogP contribution >= 0.6 is 11.3 Å². The molecule has 23 heavy (non-hydrogen) atoms. The maximum atomic E-state index is 12.8. The molecule has 8 heteroatoms. The van der Waals surface area contributed by atoms with Gasteiger partial charge in [0.25, 0.3) is 0 Å². The Bertz CT molecular complexity index is 966. The number of carbonyl (C=O) groups is 1. The second-order valence-corrected chi connectivity index (χ2v) is 7.67. The molecular weight excluding hydrogens is 339 g/mol. The zero-order valence-electron chi connectivity index (χ0n) is 11.7. The van der Waals surface area contributed by atoms with Gasteiger partial charge in [-0.25, -0.2) is 17.8 Å². The van der Waals surface area contributed by atoms with Crippen LogP contribution in [0.25, 0.3) is 10.2 Å². The smallest absolute Gasteiger partial charge is 0.239 e. The SMILES string of the molecule is O=C(CS(=O)(=O)c1ccc(F)cc1)Nc1ccc2scnc2c1. The molecule has 0 saturated heterocycles. The summed E-state index contributed by atoms with van der Waals surface area (Å²) in [5.41, 5.74) is 2.90. The van der Waals surface area contributed by atoms with Crippen LogP contribution in [0.4, 0.5) is 10.1 Å². The zero-order chi connectivity index (χ0) is 16.4. The van der Waals surface area contributed by atoms with Gasteiger partial charge in [-0.3, -0.25) is 4.79 Å². The molecule has 1 heterocycles. The van der Waals surface area contributed by atoms with Crippen molar-refractivity contribution in [2.45, 2.75) is 4.90 Å². The van der Waals surface area contributed by atoms with Crippen molar-refractivity contribution >= 4 is 43.0 Å². The first kappa shape index (κ1) is 15.6. The molecule has 0 aliphatic heterocycles. The minimum absolute atomic E-state index is 0.0935. The lowest BCUT2D eigenvalue weighted by molar-refractivity contribution is -0.113. The molecule has 0 spiro atoms. The Kier molecular flexibility index (Phi) is 4.10. The first-order chi connectivity index (χ1) is 10.9. The van der Waals surface area contributed by atoms with Crippen LogP contribution in [0.5, 0.6) is 0 Å². The normalized spacial score (nSPS) is 11.5. The van der Waals surface area contributed by atoms with Gasteiger partial charge in [0.15, 0.2) is 9.84 Å². The van der Waals surface area contributed by atoms with E-state index in [0.717, 1.165) is 34.5 Å².